The molecule has 0 radical (unpaired) electrons. The lowest BCUT2D eigenvalue weighted by molar-refractivity contribution is 0.0731. The van der Waals surface area contributed by atoms with E-state index < -0.39 is 0 Å². The van der Waals surface area contributed by atoms with E-state index in [1.807, 2.05) is 77.3 Å². The molecule has 0 heterocycles. The summed E-state index contributed by atoms with van der Waals surface area (Å²) in [5.41, 5.74) is 5.01. The molecule has 0 N–H and O–H groups in total. The molecule has 0 aliphatic rings. The molecule has 32 heavy (non-hydrogen) atoms. The third-order valence-electron chi connectivity index (χ3n) is 5.35. The van der Waals surface area contributed by atoms with Crippen molar-refractivity contribution in [3.63, 3.8) is 0 Å². The van der Waals surface area contributed by atoms with Crippen LogP contribution in [0, 0.1) is 0 Å². The molecule has 4 rings (SSSR count). The maximum Gasteiger partial charge on any atom is 0.255 e. The van der Waals surface area contributed by atoms with Gasteiger partial charge in [0.2, 0.25) is 0 Å². The molecule has 0 aliphatic carbocycles. The molecule has 0 bridgehead atoms. The Morgan fingerprint density at radius 1 is 0.688 bits per heavy atom. The van der Waals surface area contributed by atoms with Crippen LogP contribution in [-0.4, -0.2) is 16.6 Å². The summed E-state index contributed by atoms with van der Waals surface area (Å²) in [6, 6.07) is 36.8. The van der Waals surface area contributed by atoms with E-state index in [4.69, 9.17) is 0 Å². The van der Waals surface area contributed by atoms with Gasteiger partial charge in [-0.15, -0.1) is 11.8 Å². The van der Waals surface area contributed by atoms with Crippen molar-refractivity contribution >= 4 is 17.7 Å². The molecule has 0 saturated carbocycles. The summed E-state index contributed by atoms with van der Waals surface area (Å²) < 4.78 is 0. The van der Waals surface area contributed by atoms with Crippen molar-refractivity contribution in [3.8, 4) is 11.1 Å². The van der Waals surface area contributed by atoms with Gasteiger partial charge in [0.1, 0.15) is 0 Å². The van der Waals surface area contributed by atoms with Crippen molar-refractivity contribution in [2.24, 2.45) is 0 Å². The second-order valence-electron chi connectivity index (χ2n) is 7.64. The number of carbonyl (C=O) groups excluding carboxylic acids is 1. The van der Waals surface area contributed by atoms with Crippen LogP contribution in [0.3, 0.4) is 0 Å². The van der Waals surface area contributed by atoms with Crippen molar-refractivity contribution in [1.82, 2.24) is 4.90 Å². The van der Waals surface area contributed by atoms with Crippen LogP contribution < -0.4 is 0 Å². The van der Waals surface area contributed by atoms with Crippen LogP contribution in [0.2, 0.25) is 0 Å². The predicted octanol–water partition coefficient (Wildman–Crippen LogP) is 7.31. The number of thioether (sulfide) groups is 1. The van der Waals surface area contributed by atoms with Crippen LogP contribution in [0.5, 0.6) is 0 Å². The fraction of sp³-hybridized carbons (Fsp3) is 0.138. The number of rotatable bonds is 8. The molecular weight excluding hydrogens is 410 g/mol. The van der Waals surface area contributed by atoms with Gasteiger partial charge in [0.05, 0.1) is 0 Å². The number of amides is 1. The molecular formula is C29H27NOS. The molecule has 2 nitrogen and oxygen atoms in total. The van der Waals surface area contributed by atoms with Crippen LogP contribution >= 0.6 is 11.8 Å². The fourth-order valence-electron chi connectivity index (χ4n) is 3.80. The molecule has 0 fully saturated rings. The molecule has 4 aromatic carbocycles. The van der Waals surface area contributed by atoms with Crippen molar-refractivity contribution in [2.75, 3.05) is 5.75 Å². The molecule has 0 unspecified atom stereocenters. The Morgan fingerprint density at radius 2 is 1.22 bits per heavy atom. The zero-order chi connectivity index (χ0) is 22.2. The van der Waals surface area contributed by atoms with E-state index >= 15 is 0 Å². The molecule has 1 amide bonds. The largest absolute Gasteiger partial charge is 0.330 e. The highest BCUT2D eigenvalue weighted by molar-refractivity contribution is 7.99. The van der Waals surface area contributed by atoms with E-state index in [9.17, 15) is 4.79 Å². The highest BCUT2D eigenvalue weighted by atomic mass is 32.2. The van der Waals surface area contributed by atoms with E-state index in [-0.39, 0.29) is 5.91 Å². The minimum absolute atomic E-state index is 0.0420. The minimum atomic E-state index is 0.0420. The quantitative estimate of drug-likeness (QED) is 0.269. The monoisotopic (exact) mass is 437 g/mol. The Morgan fingerprint density at radius 3 is 1.78 bits per heavy atom. The summed E-state index contributed by atoms with van der Waals surface area (Å²) in [6.45, 7) is 3.28. The van der Waals surface area contributed by atoms with E-state index in [0.717, 1.165) is 33.6 Å². The third-order valence-corrected chi connectivity index (χ3v) is 6.25. The molecule has 0 aliphatic heterocycles. The molecule has 4 aromatic rings. The second kappa shape index (κ2) is 10.8. The SMILES string of the molecule is CCSc1ccc(-c2ccccc2C(=O)N(Cc2ccccc2)Cc2ccccc2)cc1. The lowest BCUT2D eigenvalue weighted by Gasteiger charge is -2.24. The summed E-state index contributed by atoms with van der Waals surface area (Å²) in [6.07, 6.45) is 0. The van der Waals surface area contributed by atoms with Gasteiger partial charge in [-0.2, -0.15) is 0 Å². The summed E-state index contributed by atoms with van der Waals surface area (Å²) in [5, 5.41) is 0. The first-order valence-corrected chi connectivity index (χ1v) is 11.9. The summed E-state index contributed by atoms with van der Waals surface area (Å²) in [7, 11) is 0. The van der Waals surface area contributed by atoms with Gasteiger partial charge in [0, 0.05) is 23.5 Å². The van der Waals surface area contributed by atoms with Gasteiger partial charge in [-0.1, -0.05) is 97.9 Å². The molecule has 0 spiro atoms. The van der Waals surface area contributed by atoms with E-state index in [2.05, 4.69) is 55.5 Å². The first kappa shape index (κ1) is 21.9. The average molecular weight is 438 g/mol. The standard InChI is InChI=1S/C29H27NOS/c1-2-32-26-19-17-25(18-20-26)27-15-9-10-16-28(27)29(31)30(21-23-11-5-3-6-12-23)22-24-13-7-4-8-14-24/h3-20H,2,21-22H2,1H3. The first-order valence-electron chi connectivity index (χ1n) is 10.9. The molecule has 0 atom stereocenters. The molecule has 0 saturated heterocycles. The Hall–Kier alpha value is -3.30. The van der Waals surface area contributed by atoms with Crippen LogP contribution in [0.15, 0.2) is 114 Å². The zero-order valence-corrected chi connectivity index (χ0v) is 19.1. The van der Waals surface area contributed by atoms with Crippen LogP contribution in [0.1, 0.15) is 28.4 Å². The Kier molecular flexibility index (Phi) is 7.42. The van der Waals surface area contributed by atoms with Crippen LogP contribution in [0.25, 0.3) is 11.1 Å². The smallest absolute Gasteiger partial charge is 0.255 e. The normalized spacial score (nSPS) is 10.7. The first-order chi connectivity index (χ1) is 15.7. The van der Waals surface area contributed by atoms with Gasteiger partial charge >= 0.3 is 0 Å². The van der Waals surface area contributed by atoms with Gasteiger partial charge < -0.3 is 4.90 Å². The van der Waals surface area contributed by atoms with Crippen molar-refractivity contribution in [3.05, 3.63) is 126 Å². The number of hydrogen-bond acceptors (Lipinski definition) is 2. The van der Waals surface area contributed by atoms with Crippen molar-refractivity contribution < 1.29 is 4.79 Å². The van der Waals surface area contributed by atoms with E-state index in [1.54, 1.807) is 0 Å². The van der Waals surface area contributed by atoms with Gasteiger partial charge in [0.15, 0.2) is 0 Å². The fourth-order valence-corrected chi connectivity index (χ4v) is 4.46. The van der Waals surface area contributed by atoms with E-state index in [1.165, 1.54) is 4.90 Å². The second-order valence-corrected chi connectivity index (χ2v) is 8.97. The summed E-state index contributed by atoms with van der Waals surface area (Å²) in [4.78, 5) is 17.0. The summed E-state index contributed by atoms with van der Waals surface area (Å²) in [5.74, 6) is 1.09. The highest BCUT2D eigenvalue weighted by Gasteiger charge is 2.20. The predicted molar refractivity (Wildman–Crippen MR) is 135 cm³/mol. The number of nitrogens with zero attached hydrogens (tertiary/aromatic N) is 1. The molecule has 0 aromatic heterocycles. The Balaban J connectivity index is 1.67. The Bertz CT molecular complexity index is 1100. The lowest BCUT2D eigenvalue weighted by atomic mass is 9.98. The summed E-state index contributed by atoms with van der Waals surface area (Å²) >= 11 is 1.82. The number of carbonyl (C=O) groups is 1. The van der Waals surface area contributed by atoms with Crippen molar-refractivity contribution in [2.45, 2.75) is 24.9 Å². The van der Waals surface area contributed by atoms with Crippen molar-refractivity contribution in [1.29, 1.82) is 0 Å². The van der Waals surface area contributed by atoms with Crippen LogP contribution in [0.4, 0.5) is 0 Å². The maximum absolute atomic E-state index is 13.8. The average Bonchev–Trinajstić information content (AvgIpc) is 2.85. The van der Waals surface area contributed by atoms with Gasteiger partial charge in [0.25, 0.3) is 5.91 Å². The Labute approximate surface area is 194 Å². The van der Waals surface area contributed by atoms with Crippen LogP contribution in [-0.2, 0) is 13.1 Å². The van der Waals surface area contributed by atoms with Gasteiger partial charge in [-0.05, 0) is 46.2 Å². The molecule has 160 valence electrons. The number of hydrogen-bond donors (Lipinski definition) is 0. The number of benzene rings is 4. The van der Waals surface area contributed by atoms with E-state index in [0.29, 0.717) is 13.1 Å². The van der Waals surface area contributed by atoms with Gasteiger partial charge in [-0.25, -0.2) is 0 Å². The topological polar surface area (TPSA) is 20.3 Å². The third kappa shape index (κ3) is 5.49. The molecule has 3 heteroatoms. The minimum Gasteiger partial charge on any atom is -0.330 e. The van der Waals surface area contributed by atoms with Gasteiger partial charge in [-0.3, -0.25) is 4.79 Å². The zero-order valence-electron chi connectivity index (χ0n) is 18.3. The highest BCUT2D eigenvalue weighted by Crippen LogP contribution is 2.28. The maximum atomic E-state index is 13.8. The lowest BCUT2D eigenvalue weighted by Crippen LogP contribution is -2.30.